The predicted octanol–water partition coefficient (Wildman–Crippen LogP) is 5.23. The molecular weight excluding hydrogens is 438 g/mol. The summed E-state index contributed by atoms with van der Waals surface area (Å²) in [5, 5.41) is 11.0. The van der Waals surface area contributed by atoms with Crippen LogP contribution in [0.15, 0.2) is 82.5 Å². The number of allylic oxidation sites excluding steroid dienone is 1. The Labute approximate surface area is 196 Å². The van der Waals surface area contributed by atoms with Gasteiger partial charge in [0.05, 0.1) is 29.2 Å². The maximum Gasteiger partial charge on any atom is 0.339 e. The van der Waals surface area contributed by atoms with Crippen molar-refractivity contribution in [2.45, 2.75) is 57.5 Å². The summed E-state index contributed by atoms with van der Waals surface area (Å²) < 4.78 is 34.8. The van der Waals surface area contributed by atoms with E-state index in [4.69, 9.17) is 4.74 Å². The number of aliphatic hydroxyl groups is 1. The maximum absolute atomic E-state index is 14.1. The minimum absolute atomic E-state index is 0.00902. The number of carbonyl (C=O) groups is 1. The molecule has 0 radical (unpaired) electrons. The molecule has 1 aliphatic heterocycles. The standard InChI is InChI=1S/C26H31NO5S/c1-5-10-19(4)22-17-23(28)24(26(29)32-6-2)25(20-11-8-7-9-12-20)27(22)33(30,31)21-15-13-18(3)14-16-21/h7-16,22,25,28H,5-6,17H2,1-4H3/b19-10+/t22-,25-/m1/s1. The van der Waals surface area contributed by atoms with Crippen LogP contribution in [0.2, 0.25) is 0 Å². The number of rotatable bonds is 7. The fourth-order valence-electron chi connectivity index (χ4n) is 4.19. The summed E-state index contributed by atoms with van der Waals surface area (Å²) in [5.74, 6) is -0.866. The Morgan fingerprint density at radius 3 is 2.33 bits per heavy atom. The normalized spacial score (nSPS) is 20.1. The van der Waals surface area contributed by atoms with Crippen molar-refractivity contribution < 1.29 is 23.1 Å². The summed E-state index contributed by atoms with van der Waals surface area (Å²) in [5.41, 5.74) is 2.29. The molecule has 0 bridgehead atoms. The number of benzene rings is 2. The molecule has 0 unspecified atom stereocenters. The molecule has 33 heavy (non-hydrogen) atoms. The van der Waals surface area contributed by atoms with Crippen LogP contribution >= 0.6 is 0 Å². The molecule has 7 heteroatoms. The molecular formula is C26H31NO5S. The fourth-order valence-corrected chi connectivity index (χ4v) is 6.00. The molecule has 1 N–H and O–H groups in total. The van der Waals surface area contributed by atoms with E-state index >= 15 is 0 Å². The number of aliphatic hydroxyl groups excluding tert-OH is 1. The molecule has 0 aromatic heterocycles. The van der Waals surface area contributed by atoms with Gasteiger partial charge in [-0.15, -0.1) is 0 Å². The van der Waals surface area contributed by atoms with Gasteiger partial charge >= 0.3 is 5.97 Å². The van der Waals surface area contributed by atoms with E-state index in [-0.39, 0.29) is 29.3 Å². The zero-order chi connectivity index (χ0) is 24.2. The molecule has 0 spiro atoms. The van der Waals surface area contributed by atoms with Gasteiger partial charge in [0.2, 0.25) is 10.0 Å². The minimum Gasteiger partial charge on any atom is -0.512 e. The van der Waals surface area contributed by atoms with Gasteiger partial charge in [0.1, 0.15) is 5.76 Å². The first-order valence-corrected chi connectivity index (χ1v) is 12.6. The summed E-state index contributed by atoms with van der Waals surface area (Å²) in [6, 6.07) is 13.9. The van der Waals surface area contributed by atoms with Gasteiger partial charge in [0.25, 0.3) is 0 Å². The van der Waals surface area contributed by atoms with Crippen LogP contribution in [-0.2, 0) is 19.6 Å². The van der Waals surface area contributed by atoms with E-state index in [9.17, 15) is 18.3 Å². The molecule has 0 aliphatic carbocycles. The molecule has 2 aromatic carbocycles. The van der Waals surface area contributed by atoms with Crippen molar-refractivity contribution in [2.75, 3.05) is 6.61 Å². The van der Waals surface area contributed by atoms with Crippen LogP contribution < -0.4 is 0 Å². The maximum atomic E-state index is 14.1. The van der Waals surface area contributed by atoms with E-state index in [0.29, 0.717) is 12.0 Å². The summed E-state index contributed by atoms with van der Waals surface area (Å²) >= 11 is 0. The van der Waals surface area contributed by atoms with E-state index < -0.39 is 28.1 Å². The lowest BCUT2D eigenvalue weighted by molar-refractivity contribution is -0.139. The van der Waals surface area contributed by atoms with E-state index in [1.54, 1.807) is 55.5 Å². The molecule has 0 amide bonds. The molecule has 0 saturated carbocycles. The second kappa shape index (κ2) is 10.4. The van der Waals surface area contributed by atoms with E-state index in [1.165, 1.54) is 4.31 Å². The Morgan fingerprint density at radius 2 is 1.76 bits per heavy atom. The molecule has 2 aromatic rings. The number of carbonyl (C=O) groups excluding carboxylic acids is 1. The second-order valence-electron chi connectivity index (χ2n) is 8.12. The molecule has 176 valence electrons. The Balaban J connectivity index is 2.32. The monoisotopic (exact) mass is 469 g/mol. The number of ether oxygens (including phenoxy) is 1. The zero-order valence-electron chi connectivity index (χ0n) is 19.5. The molecule has 0 fully saturated rings. The summed E-state index contributed by atoms with van der Waals surface area (Å²) in [4.78, 5) is 13.1. The lowest BCUT2D eigenvalue weighted by atomic mass is 9.88. The third kappa shape index (κ3) is 5.04. The van der Waals surface area contributed by atoms with Crippen LogP contribution in [0.3, 0.4) is 0 Å². The lowest BCUT2D eigenvalue weighted by Gasteiger charge is -2.42. The van der Waals surface area contributed by atoms with Crippen LogP contribution in [0.25, 0.3) is 0 Å². The van der Waals surface area contributed by atoms with E-state index in [0.717, 1.165) is 11.1 Å². The van der Waals surface area contributed by atoms with Crippen molar-refractivity contribution in [3.63, 3.8) is 0 Å². The van der Waals surface area contributed by atoms with Crippen LogP contribution in [0.5, 0.6) is 0 Å². The van der Waals surface area contributed by atoms with Crippen LogP contribution in [0.1, 0.15) is 50.8 Å². The number of hydrogen-bond acceptors (Lipinski definition) is 5. The largest absolute Gasteiger partial charge is 0.512 e. The summed E-state index contributed by atoms with van der Waals surface area (Å²) in [6.45, 7) is 7.50. The van der Waals surface area contributed by atoms with Crippen LogP contribution in [0.4, 0.5) is 0 Å². The van der Waals surface area contributed by atoms with Crippen molar-refractivity contribution in [2.24, 2.45) is 0 Å². The smallest absolute Gasteiger partial charge is 0.339 e. The average Bonchev–Trinajstić information content (AvgIpc) is 2.79. The van der Waals surface area contributed by atoms with Gasteiger partial charge in [-0.3, -0.25) is 0 Å². The fraction of sp³-hybridized carbons (Fsp3) is 0.346. The number of nitrogens with zero attached hydrogens (tertiary/aromatic N) is 1. The van der Waals surface area contributed by atoms with Crippen molar-refractivity contribution in [3.8, 4) is 0 Å². The Morgan fingerprint density at radius 1 is 1.12 bits per heavy atom. The first-order chi connectivity index (χ1) is 15.7. The van der Waals surface area contributed by atoms with Crippen molar-refractivity contribution in [1.29, 1.82) is 0 Å². The topological polar surface area (TPSA) is 83.9 Å². The SMILES string of the molecule is CC/C=C(\C)[C@H]1CC(O)=C(C(=O)OCC)[C@@H](c2ccccc2)N1S(=O)(=O)c1ccc(C)cc1. The highest BCUT2D eigenvalue weighted by molar-refractivity contribution is 7.89. The highest BCUT2D eigenvalue weighted by Gasteiger charge is 2.47. The molecule has 0 saturated heterocycles. The van der Waals surface area contributed by atoms with Gasteiger partial charge in [0.15, 0.2) is 0 Å². The van der Waals surface area contributed by atoms with Gasteiger partial charge in [-0.1, -0.05) is 66.6 Å². The van der Waals surface area contributed by atoms with Crippen molar-refractivity contribution in [1.82, 2.24) is 4.31 Å². The average molecular weight is 470 g/mol. The van der Waals surface area contributed by atoms with Crippen molar-refractivity contribution in [3.05, 3.63) is 88.7 Å². The van der Waals surface area contributed by atoms with Gasteiger partial charge in [-0.25, -0.2) is 13.2 Å². The van der Waals surface area contributed by atoms with E-state index in [1.807, 2.05) is 32.9 Å². The third-order valence-corrected chi connectivity index (χ3v) is 7.68. The molecule has 1 heterocycles. The Kier molecular flexibility index (Phi) is 7.76. The first kappa shape index (κ1) is 24.7. The summed E-state index contributed by atoms with van der Waals surface area (Å²) in [7, 11) is -4.05. The molecule has 3 rings (SSSR count). The van der Waals surface area contributed by atoms with Crippen molar-refractivity contribution >= 4 is 16.0 Å². The van der Waals surface area contributed by atoms with Gasteiger partial charge in [0, 0.05) is 6.42 Å². The molecule has 1 aliphatic rings. The Bertz CT molecular complexity index is 1150. The van der Waals surface area contributed by atoms with Gasteiger partial charge in [-0.05, 0) is 44.9 Å². The first-order valence-electron chi connectivity index (χ1n) is 11.1. The number of hydrogen-bond donors (Lipinski definition) is 1. The zero-order valence-corrected chi connectivity index (χ0v) is 20.3. The molecule has 6 nitrogen and oxygen atoms in total. The number of aryl methyl sites for hydroxylation is 1. The third-order valence-electron chi connectivity index (χ3n) is 5.79. The molecule has 2 atom stereocenters. The quantitative estimate of drug-likeness (QED) is 0.443. The highest BCUT2D eigenvalue weighted by atomic mass is 32.2. The van der Waals surface area contributed by atoms with Gasteiger partial charge in [-0.2, -0.15) is 4.31 Å². The Hall–Kier alpha value is -2.90. The van der Waals surface area contributed by atoms with Crippen LogP contribution in [-0.4, -0.2) is 36.4 Å². The van der Waals surface area contributed by atoms with Crippen LogP contribution in [0, 0.1) is 6.92 Å². The lowest BCUT2D eigenvalue weighted by Crippen LogP contribution is -2.48. The summed E-state index contributed by atoms with van der Waals surface area (Å²) in [6.07, 6.45) is 2.66. The number of sulfonamides is 1. The van der Waals surface area contributed by atoms with Gasteiger partial charge < -0.3 is 9.84 Å². The number of esters is 1. The second-order valence-corrected chi connectivity index (χ2v) is 9.96. The minimum atomic E-state index is -4.05. The highest BCUT2D eigenvalue weighted by Crippen LogP contribution is 2.44. The van der Waals surface area contributed by atoms with E-state index in [2.05, 4.69) is 0 Å². The predicted molar refractivity (Wildman–Crippen MR) is 128 cm³/mol.